The maximum atomic E-state index is 12.6. The smallest absolute Gasteiger partial charge is 0.278 e. The molecule has 0 bridgehead atoms. The Bertz CT molecular complexity index is 1190. The van der Waals surface area contributed by atoms with Crippen LogP contribution in [0.1, 0.15) is 5.56 Å². The summed E-state index contributed by atoms with van der Waals surface area (Å²) in [6.07, 6.45) is 4.82. The molecule has 1 fully saturated rings. The summed E-state index contributed by atoms with van der Waals surface area (Å²) in [7, 11) is 0. The standard InChI is InChI=1S/C22H18Cl2N4O3/c23-16-5-3-15(18(24)14-16)4-8-21(29)27-12-10-26(11-13-27)20-7-6-19(28(30)31)17-2-1-9-25-22(17)20/h1-9,14H,10-13H2/b8-4+. The van der Waals surface area contributed by atoms with Gasteiger partial charge in [-0.1, -0.05) is 29.3 Å². The monoisotopic (exact) mass is 456 g/mol. The van der Waals surface area contributed by atoms with Crippen LogP contribution in [0.25, 0.3) is 17.0 Å². The van der Waals surface area contributed by atoms with Gasteiger partial charge in [-0.3, -0.25) is 19.9 Å². The number of fused-ring (bicyclic) bond motifs is 1. The van der Waals surface area contributed by atoms with Crippen molar-refractivity contribution in [3.05, 3.63) is 80.5 Å². The van der Waals surface area contributed by atoms with Crippen LogP contribution in [0.5, 0.6) is 0 Å². The first-order chi connectivity index (χ1) is 14.9. The number of halogens is 2. The van der Waals surface area contributed by atoms with Crippen LogP contribution in [-0.4, -0.2) is 46.9 Å². The number of benzene rings is 2. The number of rotatable bonds is 4. The summed E-state index contributed by atoms with van der Waals surface area (Å²) < 4.78 is 0. The maximum absolute atomic E-state index is 12.6. The van der Waals surface area contributed by atoms with Crippen LogP contribution in [0.4, 0.5) is 11.4 Å². The van der Waals surface area contributed by atoms with Gasteiger partial charge in [-0.15, -0.1) is 0 Å². The molecule has 3 aromatic rings. The van der Waals surface area contributed by atoms with Gasteiger partial charge in [0.25, 0.3) is 5.69 Å². The Morgan fingerprint density at radius 2 is 1.87 bits per heavy atom. The minimum atomic E-state index is -0.399. The predicted molar refractivity (Wildman–Crippen MR) is 123 cm³/mol. The van der Waals surface area contributed by atoms with E-state index in [0.29, 0.717) is 47.1 Å². The molecule has 0 atom stereocenters. The molecule has 1 amide bonds. The lowest BCUT2D eigenvalue weighted by atomic mass is 10.1. The first kappa shape index (κ1) is 21.1. The lowest BCUT2D eigenvalue weighted by molar-refractivity contribution is -0.383. The fourth-order valence-electron chi connectivity index (χ4n) is 3.63. The molecule has 0 saturated carbocycles. The van der Waals surface area contributed by atoms with Crippen LogP contribution in [0.15, 0.2) is 54.7 Å². The van der Waals surface area contributed by atoms with Gasteiger partial charge in [0.1, 0.15) is 5.52 Å². The molecule has 1 aliphatic heterocycles. The third-order valence-corrected chi connectivity index (χ3v) is 5.78. The van der Waals surface area contributed by atoms with Gasteiger partial charge >= 0.3 is 0 Å². The second kappa shape index (κ2) is 8.91. The van der Waals surface area contributed by atoms with Gasteiger partial charge in [0.15, 0.2) is 0 Å². The van der Waals surface area contributed by atoms with E-state index in [-0.39, 0.29) is 11.6 Å². The number of pyridine rings is 1. The van der Waals surface area contributed by atoms with E-state index in [4.69, 9.17) is 23.2 Å². The van der Waals surface area contributed by atoms with Gasteiger partial charge in [0.2, 0.25) is 5.91 Å². The molecule has 31 heavy (non-hydrogen) atoms. The van der Waals surface area contributed by atoms with Crippen LogP contribution in [0.2, 0.25) is 10.0 Å². The number of carbonyl (C=O) groups is 1. The van der Waals surface area contributed by atoms with Crippen molar-refractivity contribution < 1.29 is 9.72 Å². The van der Waals surface area contributed by atoms with Crippen molar-refractivity contribution in [1.82, 2.24) is 9.88 Å². The first-order valence-electron chi connectivity index (χ1n) is 9.63. The van der Waals surface area contributed by atoms with Gasteiger partial charge < -0.3 is 9.80 Å². The van der Waals surface area contributed by atoms with Crippen LogP contribution in [0.3, 0.4) is 0 Å². The zero-order chi connectivity index (χ0) is 22.0. The fourth-order valence-corrected chi connectivity index (χ4v) is 4.10. The van der Waals surface area contributed by atoms with Crippen molar-refractivity contribution in [2.75, 3.05) is 31.1 Å². The number of carbonyl (C=O) groups excluding carboxylic acids is 1. The minimum absolute atomic E-state index is 0.0339. The lowest BCUT2D eigenvalue weighted by Gasteiger charge is -2.36. The highest BCUT2D eigenvalue weighted by Gasteiger charge is 2.23. The molecule has 1 aliphatic rings. The molecule has 2 aromatic carbocycles. The minimum Gasteiger partial charge on any atom is -0.366 e. The summed E-state index contributed by atoms with van der Waals surface area (Å²) in [4.78, 5) is 31.7. The molecule has 1 saturated heterocycles. The van der Waals surface area contributed by atoms with E-state index >= 15 is 0 Å². The van der Waals surface area contributed by atoms with Gasteiger partial charge in [-0.25, -0.2) is 0 Å². The van der Waals surface area contributed by atoms with Crippen molar-refractivity contribution >= 4 is 57.5 Å². The number of nitrogens with zero attached hydrogens (tertiary/aromatic N) is 4. The largest absolute Gasteiger partial charge is 0.366 e. The third kappa shape index (κ3) is 4.47. The second-order valence-corrected chi connectivity index (χ2v) is 7.92. The van der Waals surface area contributed by atoms with Crippen LogP contribution >= 0.6 is 23.2 Å². The van der Waals surface area contributed by atoms with Crippen molar-refractivity contribution in [1.29, 1.82) is 0 Å². The van der Waals surface area contributed by atoms with E-state index in [1.54, 1.807) is 53.6 Å². The van der Waals surface area contributed by atoms with Gasteiger partial charge in [-0.2, -0.15) is 0 Å². The number of nitro groups is 1. The fraction of sp³-hybridized carbons (Fsp3) is 0.182. The highest BCUT2D eigenvalue weighted by Crippen LogP contribution is 2.32. The Kier molecular flexibility index (Phi) is 6.06. The number of hydrogen-bond donors (Lipinski definition) is 0. The van der Waals surface area contributed by atoms with Crippen LogP contribution in [0, 0.1) is 10.1 Å². The number of amides is 1. The molecule has 0 aliphatic carbocycles. The number of nitro benzene ring substituents is 1. The molecule has 7 nitrogen and oxygen atoms in total. The van der Waals surface area contributed by atoms with E-state index in [2.05, 4.69) is 9.88 Å². The molecule has 158 valence electrons. The molecule has 0 unspecified atom stereocenters. The normalized spacial score (nSPS) is 14.4. The van der Waals surface area contributed by atoms with Crippen LogP contribution < -0.4 is 4.90 Å². The summed E-state index contributed by atoms with van der Waals surface area (Å²) in [6, 6.07) is 11.8. The van der Waals surface area contributed by atoms with Crippen molar-refractivity contribution in [3.63, 3.8) is 0 Å². The highest BCUT2D eigenvalue weighted by atomic mass is 35.5. The molecule has 0 radical (unpaired) electrons. The van der Waals surface area contributed by atoms with Crippen molar-refractivity contribution in [2.24, 2.45) is 0 Å². The SMILES string of the molecule is O=C(/C=C/c1ccc(Cl)cc1Cl)N1CCN(c2ccc([N+](=O)[O-])c3cccnc23)CC1. The average molecular weight is 457 g/mol. The second-order valence-electron chi connectivity index (χ2n) is 7.07. The summed E-state index contributed by atoms with van der Waals surface area (Å²) in [6.45, 7) is 2.27. The highest BCUT2D eigenvalue weighted by molar-refractivity contribution is 6.35. The lowest BCUT2D eigenvalue weighted by Crippen LogP contribution is -2.48. The zero-order valence-corrected chi connectivity index (χ0v) is 17.9. The summed E-state index contributed by atoms with van der Waals surface area (Å²) >= 11 is 12.0. The number of anilines is 1. The molecule has 0 N–H and O–H groups in total. The Morgan fingerprint density at radius 1 is 1.10 bits per heavy atom. The summed E-state index contributed by atoms with van der Waals surface area (Å²) in [5.74, 6) is -0.0997. The third-order valence-electron chi connectivity index (χ3n) is 5.22. The molecule has 2 heterocycles. The molecular weight excluding hydrogens is 439 g/mol. The Labute approximate surface area is 188 Å². The van der Waals surface area contributed by atoms with Crippen molar-refractivity contribution in [2.45, 2.75) is 0 Å². The number of non-ortho nitro benzene ring substituents is 1. The Morgan fingerprint density at radius 3 is 2.58 bits per heavy atom. The van der Waals surface area contributed by atoms with E-state index in [1.807, 2.05) is 0 Å². The molecule has 1 aromatic heterocycles. The molecule has 9 heteroatoms. The predicted octanol–water partition coefficient (Wildman–Crippen LogP) is 4.81. The quantitative estimate of drug-likeness (QED) is 0.319. The average Bonchev–Trinajstić information content (AvgIpc) is 2.77. The zero-order valence-electron chi connectivity index (χ0n) is 16.4. The topological polar surface area (TPSA) is 79.6 Å². The van der Waals surface area contributed by atoms with E-state index in [9.17, 15) is 14.9 Å². The molecule has 4 rings (SSSR count). The van der Waals surface area contributed by atoms with E-state index in [0.717, 1.165) is 11.3 Å². The number of aromatic nitrogens is 1. The van der Waals surface area contributed by atoms with Gasteiger partial charge in [0, 0.05) is 54.6 Å². The summed E-state index contributed by atoms with van der Waals surface area (Å²) in [5, 5.41) is 12.9. The maximum Gasteiger partial charge on any atom is 0.278 e. The van der Waals surface area contributed by atoms with E-state index < -0.39 is 4.92 Å². The van der Waals surface area contributed by atoms with E-state index in [1.165, 1.54) is 12.1 Å². The molecule has 0 spiro atoms. The Hall–Kier alpha value is -3.16. The summed E-state index contributed by atoms with van der Waals surface area (Å²) in [5.41, 5.74) is 2.18. The number of piperazine rings is 1. The number of hydrogen-bond acceptors (Lipinski definition) is 5. The van der Waals surface area contributed by atoms with Crippen LogP contribution in [-0.2, 0) is 4.79 Å². The molecular formula is C22H18Cl2N4O3. The van der Waals surface area contributed by atoms with Gasteiger partial charge in [0.05, 0.1) is 16.0 Å². The van der Waals surface area contributed by atoms with Gasteiger partial charge in [-0.05, 0) is 42.0 Å². The first-order valence-corrected chi connectivity index (χ1v) is 10.4. The Balaban J connectivity index is 1.46. The van der Waals surface area contributed by atoms with Crippen molar-refractivity contribution in [3.8, 4) is 0 Å².